The summed E-state index contributed by atoms with van der Waals surface area (Å²) in [7, 11) is 1.48. The topological polar surface area (TPSA) is 89.2 Å². The van der Waals surface area contributed by atoms with Crippen LogP contribution in [0.2, 0.25) is 0 Å². The van der Waals surface area contributed by atoms with E-state index in [1.165, 1.54) is 25.3 Å². The average Bonchev–Trinajstić information content (AvgIpc) is 3.24. The zero-order chi connectivity index (χ0) is 23.1. The summed E-state index contributed by atoms with van der Waals surface area (Å²) in [4.78, 5) is 28.5. The normalized spacial score (nSPS) is 11.1. The molecule has 0 unspecified atom stereocenters. The molecule has 0 spiro atoms. The second-order valence-electron chi connectivity index (χ2n) is 7.37. The van der Waals surface area contributed by atoms with Gasteiger partial charge in [-0.2, -0.15) is 0 Å². The molecule has 0 bridgehead atoms. The molecule has 0 saturated carbocycles. The predicted molar refractivity (Wildman–Crippen MR) is 123 cm³/mol. The Morgan fingerprint density at radius 3 is 2.42 bits per heavy atom. The van der Waals surface area contributed by atoms with Crippen molar-refractivity contribution >= 4 is 11.0 Å². The number of nitrogens with one attached hydrogen (secondary N) is 1. The second-order valence-corrected chi connectivity index (χ2v) is 7.37. The third-order valence-corrected chi connectivity index (χ3v) is 5.51. The molecule has 3 aromatic carbocycles. The van der Waals surface area contributed by atoms with Gasteiger partial charge in [-0.05, 0) is 42.0 Å². The fourth-order valence-corrected chi connectivity index (χ4v) is 3.91. The number of aromatic hydroxyl groups is 1. The standard InChI is InChI=1S/C25H18FN3O4/c1-33-21-8-4-5-17(23(21)30)15-9-11-16(12-10-15)28-14-13-19-22(28)24(31)29(25(32)27-19)20-7-3-2-6-18(20)26/h2-14,30H,1H3,(H,27,32). The fraction of sp³-hybridized carbons (Fsp3) is 0.0400. The van der Waals surface area contributed by atoms with Crippen LogP contribution in [0.1, 0.15) is 0 Å². The molecule has 0 aliphatic rings. The van der Waals surface area contributed by atoms with Gasteiger partial charge in [0.1, 0.15) is 11.3 Å². The Morgan fingerprint density at radius 1 is 0.939 bits per heavy atom. The number of methoxy groups -OCH3 is 1. The van der Waals surface area contributed by atoms with Gasteiger partial charge in [0.05, 0.1) is 18.3 Å². The molecule has 0 saturated heterocycles. The number of fused-ring (bicyclic) bond motifs is 1. The zero-order valence-corrected chi connectivity index (χ0v) is 17.4. The van der Waals surface area contributed by atoms with Crippen LogP contribution in [0.5, 0.6) is 11.5 Å². The van der Waals surface area contributed by atoms with E-state index in [2.05, 4.69) is 4.98 Å². The first-order valence-corrected chi connectivity index (χ1v) is 10.1. The van der Waals surface area contributed by atoms with Crippen molar-refractivity contribution in [2.24, 2.45) is 0 Å². The Hall–Kier alpha value is -4.59. The van der Waals surface area contributed by atoms with E-state index in [0.29, 0.717) is 22.5 Å². The number of phenols is 1. The molecule has 5 rings (SSSR count). The summed E-state index contributed by atoms with van der Waals surface area (Å²) in [6, 6.07) is 19.6. The third-order valence-electron chi connectivity index (χ3n) is 5.51. The van der Waals surface area contributed by atoms with Crippen LogP contribution in [0.3, 0.4) is 0 Å². The highest BCUT2D eigenvalue weighted by Gasteiger charge is 2.17. The van der Waals surface area contributed by atoms with Gasteiger partial charge < -0.3 is 19.4 Å². The number of nitrogens with zero attached hydrogens (tertiary/aromatic N) is 2. The molecule has 2 N–H and O–H groups in total. The van der Waals surface area contributed by atoms with Crippen LogP contribution < -0.4 is 16.0 Å². The fourth-order valence-electron chi connectivity index (χ4n) is 3.91. The minimum Gasteiger partial charge on any atom is -0.504 e. The van der Waals surface area contributed by atoms with Crippen LogP contribution in [0, 0.1) is 5.82 Å². The minimum atomic E-state index is -0.723. The number of halogens is 1. The quantitative estimate of drug-likeness (QED) is 0.440. The van der Waals surface area contributed by atoms with E-state index in [4.69, 9.17) is 4.74 Å². The lowest BCUT2D eigenvalue weighted by Crippen LogP contribution is -2.34. The molecule has 5 aromatic rings. The lowest BCUT2D eigenvalue weighted by Gasteiger charge is -2.11. The minimum absolute atomic E-state index is 0.0320. The van der Waals surface area contributed by atoms with Crippen molar-refractivity contribution in [1.29, 1.82) is 0 Å². The van der Waals surface area contributed by atoms with Crippen molar-refractivity contribution < 1.29 is 14.2 Å². The van der Waals surface area contributed by atoms with Gasteiger partial charge in [-0.15, -0.1) is 0 Å². The Labute approximate surface area is 186 Å². The van der Waals surface area contributed by atoms with E-state index in [-0.39, 0.29) is 17.0 Å². The van der Waals surface area contributed by atoms with Crippen LogP contribution in [-0.2, 0) is 0 Å². The van der Waals surface area contributed by atoms with Crippen molar-refractivity contribution in [3.8, 4) is 34.0 Å². The second kappa shape index (κ2) is 7.83. The van der Waals surface area contributed by atoms with Crippen LogP contribution in [0.25, 0.3) is 33.5 Å². The van der Waals surface area contributed by atoms with Gasteiger partial charge in [-0.25, -0.2) is 13.8 Å². The summed E-state index contributed by atoms with van der Waals surface area (Å²) < 4.78 is 21.9. The number of para-hydroxylation sites is 2. The van der Waals surface area contributed by atoms with E-state index in [9.17, 15) is 19.1 Å². The zero-order valence-electron chi connectivity index (χ0n) is 17.4. The maximum atomic E-state index is 14.3. The van der Waals surface area contributed by atoms with E-state index in [1.807, 2.05) is 0 Å². The monoisotopic (exact) mass is 443 g/mol. The van der Waals surface area contributed by atoms with Crippen LogP contribution in [0.15, 0.2) is 88.6 Å². The van der Waals surface area contributed by atoms with E-state index in [1.54, 1.807) is 65.4 Å². The molecular formula is C25H18FN3O4. The number of aromatic amines is 1. The van der Waals surface area contributed by atoms with E-state index in [0.717, 1.165) is 10.1 Å². The van der Waals surface area contributed by atoms with Gasteiger partial charge in [0, 0.05) is 17.4 Å². The predicted octanol–water partition coefficient (Wildman–Crippen LogP) is 3.99. The molecule has 2 aromatic heterocycles. The highest BCUT2D eigenvalue weighted by molar-refractivity contribution is 5.78. The van der Waals surface area contributed by atoms with Gasteiger partial charge in [0.15, 0.2) is 11.5 Å². The lowest BCUT2D eigenvalue weighted by molar-refractivity contribution is 0.374. The summed E-state index contributed by atoms with van der Waals surface area (Å²) in [5.41, 5.74) is 1.07. The van der Waals surface area contributed by atoms with Crippen molar-refractivity contribution in [2.45, 2.75) is 0 Å². The highest BCUT2D eigenvalue weighted by atomic mass is 19.1. The number of hydrogen-bond acceptors (Lipinski definition) is 4. The van der Waals surface area contributed by atoms with Crippen LogP contribution in [0.4, 0.5) is 4.39 Å². The summed E-state index contributed by atoms with van der Waals surface area (Å²) in [5, 5.41) is 10.4. The van der Waals surface area contributed by atoms with E-state index >= 15 is 0 Å². The number of benzene rings is 3. The van der Waals surface area contributed by atoms with Crippen molar-refractivity contribution in [1.82, 2.24) is 14.1 Å². The van der Waals surface area contributed by atoms with Gasteiger partial charge in [0.25, 0.3) is 5.56 Å². The van der Waals surface area contributed by atoms with Crippen LogP contribution >= 0.6 is 0 Å². The molecule has 0 aliphatic heterocycles. The number of rotatable bonds is 4. The molecule has 164 valence electrons. The van der Waals surface area contributed by atoms with Crippen molar-refractivity contribution in [2.75, 3.05) is 7.11 Å². The third kappa shape index (κ3) is 3.28. The molecule has 0 aliphatic carbocycles. The van der Waals surface area contributed by atoms with Gasteiger partial charge in [-0.3, -0.25) is 4.79 Å². The van der Waals surface area contributed by atoms with Crippen molar-refractivity contribution in [3.63, 3.8) is 0 Å². The molecular weight excluding hydrogens is 425 g/mol. The summed E-state index contributed by atoms with van der Waals surface area (Å²) >= 11 is 0. The van der Waals surface area contributed by atoms with Crippen molar-refractivity contribution in [3.05, 3.63) is 106 Å². The first-order valence-electron chi connectivity index (χ1n) is 10.1. The maximum absolute atomic E-state index is 14.3. The van der Waals surface area contributed by atoms with Gasteiger partial charge in [-0.1, -0.05) is 36.4 Å². The Kier molecular flexibility index (Phi) is 4.82. The molecule has 33 heavy (non-hydrogen) atoms. The first kappa shape index (κ1) is 20.3. The number of aromatic nitrogens is 3. The summed E-state index contributed by atoms with van der Waals surface area (Å²) in [6.45, 7) is 0. The summed E-state index contributed by atoms with van der Waals surface area (Å²) in [5.74, 6) is -0.278. The molecule has 0 radical (unpaired) electrons. The average molecular weight is 443 g/mol. The summed E-state index contributed by atoms with van der Waals surface area (Å²) in [6.07, 6.45) is 1.66. The SMILES string of the molecule is COc1cccc(-c2ccc(-n3ccc4[nH]c(=O)n(-c5ccccc5F)c(=O)c43)cc2)c1O. The first-order chi connectivity index (χ1) is 16.0. The molecule has 7 nitrogen and oxygen atoms in total. The highest BCUT2D eigenvalue weighted by Crippen LogP contribution is 2.37. The number of ether oxygens (including phenoxy) is 1. The number of H-pyrrole nitrogens is 1. The Balaban J connectivity index is 1.65. The molecule has 8 heteroatoms. The Bertz CT molecular complexity index is 1610. The van der Waals surface area contributed by atoms with Gasteiger partial charge >= 0.3 is 5.69 Å². The molecule has 2 heterocycles. The largest absolute Gasteiger partial charge is 0.504 e. The Morgan fingerprint density at radius 2 is 1.70 bits per heavy atom. The molecule has 0 fully saturated rings. The molecule has 0 amide bonds. The van der Waals surface area contributed by atoms with Crippen LogP contribution in [-0.4, -0.2) is 26.3 Å². The number of phenolic OH excluding ortho intramolecular Hbond substituents is 1. The maximum Gasteiger partial charge on any atom is 0.333 e. The smallest absolute Gasteiger partial charge is 0.333 e. The number of hydrogen-bond donors (Lipinski definition) is 2. The van der Waals surface area contributed by atoms with E-state index < -0.39 is 17.1 Å². The van der Waals surface area contributed by atoms with Gasteiger partial charge in [0.2, 0.25) is 0 Å². The molecule has 0 atom stereocenters. The lowest BCUT2D eigenvalue weighted by atomic mass is 10.0.